The average Bonchev–Trinajstić information content (AvgIpc) is 2.81. The Kier molecular flexibility index (Phi) is 2.87. The topological polar surface area (TPSA) is 83.6 Å². The summed E-state index contributed by atoms with van der Waals surface area (Å²) in [4.78, 5) is 24.4. The van der Waals surface area contributed by atoms with Crippen LogP contribution in [0.5, 0.6) is 0 Å². The van der Waals surface area contributed by atoms with E-state index in [2.05, 4.69) is 5.16 Å². The van der Waals surface area contributed by atoms with Crippen LogP contribution in [0.1, 0.15) is 25.5 Å². The summed E-state index contributed by atoms with van der Waals surface area (Å²) >= 11 is 0. The summed E-state index contributed by atoms with van der Waals surface area (Å²) in [6.45, 7) is 3.59. The number of carbonyl (C=O) groups is 2. The molecule has 2 atom stereocenters. The van der Waals surface area contributed by atoms with Gasteiger partial charge in [0.2, 0.25) is 5.91 Å². The molecule has 0 radical (unpaired) electrons. The number of carboxylic acids is 1. The SMILES string of the molecule is CC[C@@H]1[C@@H](C(=O)O)CC(=O)N1c1cc(C)on1. The summed E-state index contributed by atoms with van der Waals surface area (Å²) in [6, 6.07) is 1.30. The van der Waals surface area contributed by atoms with Crippen LogP contribution in [0.25, 0.3) is 0 Å². The molecule has 1 aromatic heterocycles. The van der Waals surface area contributed by atoms with E-state index in [1.807, 2.05) is 6.92 Å². The van der Waals surface area contributed by atoms with Crippen LogP contribution in [0.2, 0.25) is 0 Å². The molecule has 2 rings (SSSR count). The zero-order chi connectivity index (χ0) is 12.6. The summed E-state index contributed by atoms with van der Waals surface area (Å²) in [7, 11) is 0. The number of rotatable bonds is 3. The van der Waals surface area contributed by atoms with Gasteiger partial charge < -0.3 is 9.63 Å². The molecule has 1 aliphatic heterocycles. The van der Waals surface area contributed by atoms with Crippen molar-refractivity contribution >= 4 is 17.7 Å². The summed E-state index contributed by atoms with van der Waals surface area (Å²) in [5.74, 6) is -0.806. The Bertz CT molecular complexity index is 454. The maximum atomic E-state index is 11.8. The number of hydrogen-bond donors (Lipinski definition) is 1. The highest BCUT2D eigenvalue weighted by atomic mass is 16.5. The Morgan fingerprint density at radius 3 is 2.88 bits per heavy atom. The second kappa shape index (κ2) is 4.20. The van der Waals surface area contributed by atoms with Crippen LogP contribution in [-0.2, 0) is 9.59 Å². The molecular formula is C11H14N2O4. The molecule has 0 saturated carbocycles. The van der Waals surface area contributed by atoms with Crippen LogP contribution >= 0.6 is 0 Å². The molecule has 1 aliphatic rings. The highest BCUT2D eigenvalue weighted by Crippen LogP contribution is 2.32. The fraction of sp³-hybridized carbons (Fsp3) is 0.545. The van der Waals surface area contributed by atoms with Crippen LogP contribution < -0.4 is 4.90 Å². The predicted octanol–water partition coefficient (Wildman–Crippen LogP) is 1.20. The summed E-state index contributed by atoms with van der Waals surface area (Å²) in [5, 5.41) is 12.9. The van der Waals surface area contributed by atoms with E-state index in [0.29, 0.717) is 18.0 Å². The molecule has 1 N–H and O–H groups in total. The van der Waals surface area contributed by atoms with E-state index in [1.165, 1.54) is 4.90 Å². The van der Waals surface area contributed by atoms with Crippen LogP contribution in [0.15, 0.2) is 10.6 Å². The first kappa shape index (κ1) is 11.6. The second-order valence-corrected chi connectivity index (χ2v) is 4.18. The molecule has 0 aromatic carbocycles. The largest absolute Gasteiger partial charge is 0.481 e. The smallest absolute Gasteiger partial charge is 0.309 e. The lowest BCUT2D eigenvalue weighted by atomic mass is 9.98. The van der Waals surface area contributed by atoms with Gasteiger partial charge in [0.25, 0.3) is 0 Å². The number of aliphatic carboxylic acids is 1. The monoisotopic (exact) mass is 238 g/mol. The quantitative estimate of drug-likeness (QED) is 0.855. The first-order valence-electron chi connectivity index (χ1n) is 5.52. The minimum Gasteiger partial charge on any atom is -0.481 e. The summed E-state index contributed by atoms with van der Waals surface area (Å²) in [6.07, 6.45) is 0.606. The zero-order valence-corrected chi connectivity index (χ0v) is 9.71. The third kappa shape index (κ3) is 1.90. The van der Waals surface area contributed by atoms with E-state index in [4.69, 9.17) is 9.63 Å². The van der Waals surface area contributed by atoms with Gasteiger partial charge in [0, 0.05) is 12.5 Å². The number of carboxylic acid groups (broad SMARTS) is 1. The fourth-order valence-electron chi connectivity index (χ4n) is 2.27. The summed E-state index contributed by atoms with van der Waals surface area (Å²) in [5.41, 5.74) is 0. The van der Waals surface area contributed by atoms with Gasteiger partial charge in [0.05, 0.1) is 12.0 Å². The van der Waals surface area contributed by atoms with E-state index in [0.717, 1.165) is 0 Å². The van der Waals surface area contributed by atoms with Crippen molar-refractivity contribution in [1.29, 1.82) is 0 Å². The van der Waals surface area contributed by atoms with Crippen molar-refractivity contribution < 1.29 is 19.2 Å². The number of carbonyl (C=O) groups excluding carboxylic acids is 1. The van der Waals surface area contributed by atoms with Crippen molar-refractivity contribution in [2.24, 2.45) is 5.92 Å². The number of hydrogen-bond acceptors (Lipinski definition) is 4. The average molecular weight is 238 g/mol. The molecule has 0 spiro atoms. The van der Waals surface area contributed by atoms with Crippen molar-refractivity contribution in [3.8, 4) is 0 Å². The molecule has 17 heavy (non-hydrogen) atoms. The maximum Gasteiger partial charge on any atom is 0.309 e. The zero-order valence-electron chi connectivity index (χ0n) is 9.71. The van der Waals surface area contributed by atoms with E-state index < -0.39 is 11.9 Å². The molecule has 0 bridgehead atoms. The maximum absolute atomic E-state index is 11.8. The van der Waals surface area contributed by atoms with Crippen molar-refractivity contribution in [1.82, 2.24) is 5.16 Å². The van der Waals surface area contributed by atoms with Crippen LogP contribution in [-0.4, -0.2) is 28.2 Å². The van der Waals surface area contributed by atoms with Crippen LogP contribution in [0.4, 0.5) is 5.82 Å². The number of aromatic nitrogens is 1. The van der Waals surface area contributed by atoms with Crippen molar-refractivity contribution in [2.45, 2.75) is 32.7 Å². The van der Waals surface area contributed by atoms with E-state index in [-0.39, 0.29) is 18.4 Å². The van der Waals surface area contributed by atoms with Gasteiger partial charge in [-0.3, -0.25) is 14.5 Å². The Morgan fingerprint density at radius 2 is 2.41 bits per heavy atom. The molecule has 92 valence electrons. The second-order valence-electron chi connectivity index (χ2n) is 4.18. The minimum atomic E-state index is -0.937. The molecule has 2 heterocycles. The number of nitrogens with zero attached hydrogens (tertiary/aromatic N) is 2. The number of aryl methyl sites for hydroxylation is 1. The lowest BCUT2D eigenvalue weighted by molar-refractivity contribution is -0.142. The molecular weight excluding hydrogens is 224 g/mol. The lowest BCUT2D eigenvalue weighted by Gasteiger charge is -2.22. The fourth-order valence-corrected chi connectivity index (χ4v) is 2.27. The van der Waals surface area contributed by atoms with E-state index >= 15 is 0 Å². The molecule has 1 saturated heterocycles. The normalized spacial score (nSPS) is 24.4. The van der Waals surface area contributed by atoms with Gasteiger partial charge in [-0.15, -0.1) is 0 Å². The standard InChI is InChI=1S/C11H14N2O4/c1-3-8-7(11(15)16)5-10(14)13(8)9-4-6(2)17-12-9/h4,7-8H,3,5H2,1-2H3,(H,15,16)/t7-,8+/m0/s1. The molecule has 1 fully saturated rings. The Balaban J connectivity index is 2.33. The van der Waals surface area contributed by atoms with Gasteiger partial charge in [0.1, 0.15) is 5.76 Å². The molecule has 1 amide bonds. The van der Waals surface area contributed by atoms with Crippen molar-refractivity contribution in [2.75, 3.05) is 4.90 Å². The molecule has 6 nitrogen and oxygen atoms in total. The van der Waals surface area contributed by atoms with Gasteiger partial charge in [-0.1, -0.05) is 12.1 Å². The first-order valence-corrected chi connectivity index (χ1v) is 5.52. The number of amides is 1. The predicted molar refractivity (Wildman–Crippen MR) is 58.5 cm³/mol. The van der Waals surface area contributed by atoms with Crippen molar-refractivity contribution in [3.05, 3.63) is 11.8 Å². The van der Waals surface area contributed by atoms with Crippen molar-refractivity contribution in [3.63, 3.8) is 0 Å². The lowest BCUT2D eigenvalue weighted by Crippen LogP contribution is -2.37. The minimum absolute atomic E-state index is 0.0275. The van der Waals surface area contributed by atoms with E-state index in [9.17, 15) is 9.59 Å². The highest BCUT2D eigenvalue weighted by Gasteiger charge is 2.44. The third-order valence-electron chi connectivity index (χ3n) is 3.06. The number of anilines is 1. The Labute approximate surface area is 98.2 Å². The molecule has 1 aromatic rings. The Morgan fingerprint density at radius 1 is 1.71 bits per heavy atom. The third-order valence-corrected chi connectivity index (χ3v) is 3.06. The Hall–Kier alpha value is -1.85. The van der Waals surface area contributed by atoms with Gasteiger partial charge in [0.15, 0.2) is 5.82 Å². The van der Waals surface area contributed by atoms with Gasteiger partial charge in [-0.25, -0.2) is 0 Å². The van der Waals surface area contributed by atoms with Gasteiger partial charge in [-0.05, 0) is 13.3 Å². The van der Waals surface area contributed by atoms with E-state index in [1.54, 1.807) is 13.0 Å². The van der Waals surface area contributed by atoms with Gasteiger partial charge >= 0.3 is 5.97 Å². The van der Waals surface area contributed by atoms with Crippen LogP contribution in [0, 0.1) is 12.8 Å². The van der Waals surface area contributed by atoms with Gasteiger partial charge in [-0.2, -0.15) is 0 Å². The van der Waals surface area contributed by atoms with Crippen LogP contribution in [0.3, 0.4) is 0 Å². The molecule has 6 heteroatoms. The first-order chi connectivity index (χ1) is 8.04. The molecule has 0 unspecified atom stereocenters. The summed E-state index contributed by atoms with van der Waals surface area (Å²) < 4.78 is 4.92. The molecule has 0 aliphatic carbocycles. The highest BCUT2D eigenvalue weighted by molar-refractivity contribution is 5.99.